The van der Waals surface area contributed by atoms with Crippen LogP contribution in [0.2, 0.25) is 0 Å². The van der Waals surface area contributed by atoms with Gasteiger partial charge in [-0.15, -0.1) is 0 Å². The van der Waals surface area contributed by atoms with Crippen LogP contribution in [0, 0.1) is 5.92 Å². The first kappa shape index (κ1) is 14.1. The molecule has 18 heavy (non-hydrogen) atoms. The minimum absolute atomic E-state index is 0.276. The van der Waals surface area contributed by atoms with Crippen molar-refractivity contribution in [2.45, 2.75) is 64.5 Å². The quantitative estimate of drug-likeness (QED) is 0.921. The lowest BCUT2D eigenvalue weighted by Crippen LogP contribution is -2.36. The second kappa shape index (κ2) is 5.74. The molecule has 0 spiro atoms. The van der Waals surface area contributed by atoms with Crippen molar-refractivity contribution in [3.63, 3.8) is 0 Å². The SMILES string of the molecule is CCC1CCC(N)C(c2c(Br)cnn2C(C)C)C1. The molecule has 0 saturated heterocycles. The molecule has 0 radical (unpaired) electrons. The zero-order valence-corrected chi connectivity index (χ0v) is 13.2. The van der Waals surface area contributed by atoms with Crippen LogP contribution >= 0.6 is 15.9 Å². The third-order valence-electron chi connectivity index (χ3n) is 4.22. The van der Waals surface area contributed by atoms with Gasteiger partial charge in [-0.25, -0.2) is 0 Å². The van der Waals surface area contributed by atoms with Gasteiger partial charge in [-0.1, -0.05) is 13.3 Å². The number of nitrogens with two attached hydrogens (primary N) is 1. The molecule has 1 aliphatic rings. The van der Waals surface area contributed by atoms with Gasteiger partial charge in [-0.3, -0.25) is 4.68 Å². The molecule has 3 nitrogen and oxygen atoms in total. The lowest BCUT2D eigenvalue weighted by Gasteiger charge is -2.34. The van der Waals surface area contributed by atoms with Crippen molar-refractivity contribution in [1.82, 2.24) is 9.78 Å². The fraction of sp³-hybridized carbons (Fsp3) is 0.786. The summed E-state index contributed by atoms with van der Waals surface area (Å²) in [5.74, 6) is 1.26. The molecule has 4 heteroatoms. The first-order chi connectivity index (χ1) is 8.54. The number of aromatic nitrogens is 2. The van der Waals surface area contributed by atoms with Gasteiger partial charge in [-0.05, 0) is 55.0 Å². The van der Waals surface area contributed by atoms with E-state index in [2.05, 4.69) is 46.5 Å². The first-order valence-electron chi connectivity index (χ1n) is 7.03. The van der Waals surface area contributed by atoms with E-state index in [1.807, 2.05) is 6.20 Å². The van der Waals surface area contributed by atoms with E-state index < -0.39 is 0 Å². The molecule has 0 bridgehead atoms. The van der Waals surface area contributed by atoms with Gasteiger partial charge in [0, 0.05) is 18.0 Å². The summed E-state index contributed by atoms with van der Waals surface area (Å²) in [6.07, 6.45) is 6.80. The number of hydrogen-bond donors (Lipinski definition) is 1. The maximum Gasteiger partial charge on any atom is 0.0635 e. The summed E-state index contributed by atoms with van der Waals surface area (Å²) in [5.41, 5.74) is 7.66. The highest BCUT2D eigenvalue weighted by molar-refractivity contribution is 9.10. The van der Waals surface area contributed by atoms with Crippen molar-refractivity contribution in [2.75, 3.05) is 0 Å². The van der Waals surface area contributed by atoms with E-state index in [-0.39, 0.29) is 6.04 Å². The van der Waals surface area contributed by atoms with Crippen molar-refractivity contribution in [1.29, 1.82) is 0 Å². The minimum atomic E-state index is 0.276. The molecule has 2 rings (SSSR count). The Bertz CT molecular complexity index is 400. The normalized spacial score (nSPS) is 28.9. The molecule has 1 aliphatic carbocycles. The average Bonchev–Trinajstić information content (AvgIpc) is 2.72. The van der Waals surface area contributed by atoms with Crippen LogP contribution in [0.5, 0.6) is 0 Å². The number of halogens is 1. The predicted molar refractivity (Wildman–Crippen MR) is 78.7 cm³/mol. The van der Waals surface area contributed by atoms with Gasteiger partial charge >= 0.3 is 0 Å². The zero-order valence-electron chi connectivity index (χ0n) is 11.6. The third-order valence-corrected chi connectivity index (χ3v) is 4.83. The van der Waals surface area contributed by atoms with Gasteiger partial charge in [0.1, 0.15) is 0 Å². The van der Waals surface area contributed by atoms with E-state index in [0.29, 0.717) is 12.0 Å². The van der Waals surface area contributed by atoms with E-state index in [9.17, 15) is 0 Å². The van der Waals surface area contributed by atoms with Crippen molar-refractivity contribution in [3.8, 4) is 0 Å². The summed E-state index contributed by atoms with van der Waals surface area (Å²) >= 11 is 3.65. The average molecular weight is 314 g/mol. The van der Waals surface area contributed by atoms with E-state index in [1.165, 1.54) is 25.0 Å². The Balaban J connectivity index is 2.31. The van der Waals surface area contributed by atoms with Crippen molar-refractivity contribution >= 4 is 15.9 Å². The highest BCUT2D eigenvalue weighted by Gasteiger charge is 2.32. The van der Waals surface area contributed by atoms with E-state index in [4.69, 9.17) is 5.73 Å². The first-order valence-corrected chi connectivity index (χ1v) is 7.82. The largest absolute Gasteiger partial charge is 0.327 e. The molecule has 3 unspecified atom stereocenters. The Hall–Kier alpha value is -0.350. The minimum Gasteiger partial charge on any atom is -0.327 e. The van der Waals surface area contributed by atoms with Gasteiger partial charge in [0.05, 0.1) is 16.4 Å². The molecule has 1 heterocycles. The highest BCUT2D eigenvalue weighted by Crippen LogP contribution is 2.40. The van der Waals surface area contributed by atoms with Crippen molar-refractivity contribution in [2.24, 2.45) is 11.7 Å². The predicted octanol–water partition coefficient (Wildman–Crippen LogP) is 3.85. The summed E-state index contributed by atoms with van der Waals surface area (Å²) in [6.45, 7) is 6.64. The molecule has 1 aromatic rings. The Kier molecular flexibility index (Phi) is 4.49. The molecule has 3 atom stereocenters. The van der Waals surface area contributed by atoms with Gasteiger partial charge in [-0.2, -0.15) is 5.10 Å². The second-order valence-corrected chi connectivity index (χ2v) is 6.63. The summed E-state index contributed by atoms with van der Waals surface area (Å²) in [5, 5.41) is 4.49. The molecule has 1 saturated carbocycles. The van der Waals surface area contributed by atoms with E-state index >= 15 is 0 Å². The summed E-state index contributed by atoms with van der Waals surface area (Å²) < 4.78 is 3.25. The molecule has 2 N–H and O–H groups in total. The van der Waals surface area contributed by atoms with Gasteiger partial charge in [0.2, 0.25) is 0 Å². The van der Waals surface area contributed by atoms with Crippen LogP contribution in [-0.4, -0.2) is 15.8 Å². The summed E-state index contributed by atoms with van der Waals surface area (Å²) in [4.78, 5) is 0. The van der Waals surface area contributed by atoms with Crippen LogP contribution in [0.15, 0.2) is 10.7 Å². The molecular formula is C14H24BrN3. The Morgan fingerprint density at radius 2 is 2.22 bits per heavy atom. The maximum atomic E-state index is 6.36. The molecular weight excluding hydrogens is 290 g/mol. The maximum absolute atomic E-state index is 6.36. The topological polar surface area (TPSA) is 43.8 Å². The monoisotopic (exact) mass is 313 g/mol. The highest BCUT2D eigenvalue weighted by atomic mass is 79.9. The van der Waals surface area contributed by atoms with Crippen LogP contribution in [0.1, 0.15) is 64.1 Å². The van der Waals surface area contributed by atoms with Crippen LogP contribution in [-0.2, 0) is 0 Å². The Morgan fingerprint density at radius 3 is 2.83 bits per heavy atom. The summed E-state index contributed by atoms with van der Waals surface area (Å²) in [7, 11) is 0. The third kappa shape index (κ3) is 2.64. The molecule has 0 amide bonds. The van der Waals surface area contributed by atoms with Gasteiger partial charge in [0.25, 0.3) is 0 Å². The summed E-state index contributed by atoms with van der Waals surface area (Å²) in [6, 6.07) is 0.666. The van der Waals surface area contributed by atoms with Crippen LogP contribution in [0.3, 0.4) is 0 Å². The lowest BCUT2D eigenvalue weighted by molar-refractivity contribution is 0.269. The Labute approximate surface area is 118 Å². The Morgan fingerprint density at radius 1 is 1.50 bits per heavy atom. The van der Waals surface area contributed by atoms with E-state index in [0.717, 1.165) is 16.8 Å². The van der Waals surface area contributed by atoms with Gasteiger partial charge in [0.15, 0.2) is 0 Å². The van der Waals surface area contributed by atoms with Crippen LogP contribution < -0.4 is 5.73 Å². The molecule has 0 aromatic carbocycles. The zero-order chi connectivity index (χ0) is 13.3. The second-order valence-electron chi connectivity index (χ2n) is 5.77. The van der Waals surface area contributed by atoms with Crippen molar-refractivity contribution in [3.05, 3.63) is 16.4 Å². The number of nitrogens with zero attached hydrogens (tertiary/aromatic N) is 2. The standard InChI is InChI=1S/C14H24BrN3/c1-4-10-5-6-13(16)11(7-10)14-12(15)8-17-18(14)9(2)3/h8-11,13H,4-7,16H2,1-3H3. The number of hydrogen-bond acceptors (Lipinski definition) is 2. The fourth-order valence-corrected chi connectivity index (χ4v) is 3.64. The van der Waals surface area contributed by atoms with Gasteiger partial charge < -0.3 is 5.73 Å². The molecule has 0 aliphatic heterocycles. The lowest BCUT2D eigenvalue weighted by atomic mass is 9.76. The molecule has 1 aromatic heterocycles. The molecule has 1 fully saturated rings. The van der Waals surface area contributed by atoms with E-state index in [1.54, 1.807) is 0 Å². The van der Waals surface area contributed by atoms with Crippen LogP contribution in [0.4, 0.5) is 0 Å². The van der Waals surface area contributed by atoms with Crippen molar-refractivity contribution < 1.29 is 0 Å². The molecule has 102 valence electrons. The van der Waals surface area contributed by atoms with Crippen LogP contribution in [0.25, 0.3) is 0 Å². The number of rotatable bonds is 3. The fourth-order valence-electron chi connectivity index (χ4n) is 3.08. The smallest absolute Gasteiger partial charge is 0.0635 e.